The minimum Gasteiger partial charge on any atom is -0.327 e. The molecule has 0 spiro atoms. The van der Waals surface area contributed by atoms with Crippen LogP contribution in [0.1, 0.15) is 26.2 Å². The smallest absolute Gasteiger partial charge is 0.0279 e. The van der Waals surface area contributed by atoms with E-state index in [9.17, 15) is 0 Å². The molecule has 2 N–H and O–H groups in total. The van der Waals surface area contributed by atoms with Gasteiger partial charge in [-0.05, 0) is 19.3 Å². The molecule has 0 aliphatic carbocycles. The maximum Gasteiger partial charge on any atom is 0.0279 e. The van der Waals surface area contributed by atoms with Crippen molar-refractivity contribution in [2.24, 2.45) is 5.73 Å². The third kappa shape index (κ3) is 7.03. The Hall–Kier alpha value is -0.420. The first-order valence-electron chi connectivity index (χ1n) is 4.50. The molecule has 0 bridgehead atoms. The molecule has 0 unspecified atom stereocenters. The topological polar surface area (TPSA) is 26.0 Å². The predicted octanol–water partition coefficient (Wildman–Crippen LogP) is 3.38. The molecule has 0 fully saturated rings. The van der Waals surface area contributed by atoms with Crippen LogP contribution in [0.4, 0.5) is 0 Å². The van der Waals surface area contributed by atoms with E-state index < -0.39 is 0 Å². The van der Waals surface area contributed by atoms with Gasteiger partial charge in [0.1, 0.15) is 0 Å². The highest BCUT2D eigenvalue weighted by Gasteiger charge is 2.06. The van der Waals surface area contributed by atoms with Gasteiger partial charge in [-0.2, -0.15) is 0 Å². The van der Waals surface area contributed by atoms with Crippen LogP contribution in [0.5, 0.6) is 0 Å². The van der Waals surface area contributed by atoms with Gasteiger partial charge in [-0.1, -0.05) is 42.1 Å². The fourth-order valence-electron chi connectivity index (χ4n) is 1.03. The fourth-order valence-corrected chi connectivity index (χ4v) is 1.64. The highest BCUT2D eigenvalue weighted by Crippen LogP contribution is 2.16. The van der Waals surface area contributed by atoms with Crippen LogP contribution in [0.15, 0.2) is 22.2 Å². The lowest BCUT2D eigenvalue weighted by Crippen LogP contribution is -2.19. The van der Waals surface area contributed by atoms with Crippen LogP contribution >= 0.6 is 23.2 Å². The van der Waals surface area contributed by atoms with Gasteiger partial charge in [0.25, 0.3) is 0 Å². The second-order valence-corrected chi connectivity index (χ2v) is 3.96. The molecule has 0 saturated carbocycles. The molecule has 0 amide bonds. The zero-order valence-electron chi connectivity index (χ0n) is 8.26. The molecule has 0 aromatic heterocycles. The number of hydrogen-bond acceptors (Lipinski definition) is 1. The normalized spacial score (nSPS) is 15.1. The number of rotatable bonds is 5. The summed E-state index contributed by atoms with van der Waals surface area (Å²) >= 11 is 11.7. The molecule has 0 aliphatic heterocycles. The molecule has 78 valence electrons. The minimum atomic E-state index is -0.0672. The first-order chi connectivity index (χ1) is 6.60. The van der Waals surface area contributed by atoms with Gasteiger partial charge >= 0.3 is 0 Å². The van der Waals surface area contributed by atoms with Gasteiger partial charge < -0.3 is 5.73 Å². The van der Waals surface area contributed by atoms with Gasteiger partial charge in [0.15, 0.2) is 0 Å². The lowest BCUT2D eigenvalue weighted by molar-refractivity contribution is 0.681. The van der Waals surface area contributed by atoms with Gasteiger partial charge in [0, 0.05) is 22.2 Å². The van der Waals surface area contributed by atoms with E-state index in [0.29, 0.717) is 17.9 Å². The summed E-state index contributed by atoms with van der Waals surface area (Å²) in [7, 11) is 0. The number of nitrogens with two attached hydrogens (primary N) is 1. The van der Waals surface area contributed by atoms with Gasteiger partial charge in [-0.25, -0.2) is 0 Å². The Balaban J connectivity index is 3.99. The second kappa shape index (κ2) is 7.94. The van der Waals surface area contributed by atoms with Crippen LogP contribution in [0.2, 0.25) is 0 Å². The van der Waals surface area contributed by atoms with E-state index in [4.69, 9.17) is 35.4 Å². The standard InChI is InChI=1S/C11H15Cl2N/c1-3-5-9(12)7-11(14)8-10(13)6-4-2/h1,5-6,11H,4,7-8,14H2,2H3/b9-5+,10-6+/t11-/m0/s1. The Morgan fingerprint density at radius 1 is 1.43 bits per heavy atom. The Morgan fingerprint density at radius 3 is 2.50 bits per heavy atom. The molecule has 1 atom stereocenters. The molecule has 0 radical (unpaired) electrons. The molecule has 0 aromatic carbocycles. The van der Waals surface area contributed by atoms with Crippen LogP contribution in [0, 0.1) is 12.3 Å². The summed E-state index contributed by atoms with van der Waals surface area (Å²) in [6.07, 6.45) is 10.7. The van der Waals surface area contributed by atoms with E-state index in [2.05, 4.69) is 5.92 Å². The zero-order chi connectivity index (χ0) is 11.0. The quantitative estimate of drug-likeness (QED) is 0.722. The lowest BCUT2D eigenvalue weighted by Gasteiger charge is -2.09. The van der Waals surface area contributed by atoms with E-state index in [1.54, 1.807) is 0 Å². The third-order valence-electron chi connectivity index (χ3n) is 1.58. The Labute approximate surface area is 96.0 Å². The molecule has 0 aromatic rings. The van der Waals surface area contributed by atoms with Crippen molar-refractivity contribution in [1.29, 1.82) is 0 Å². The lowest BCUT2D eigenvalue weighted by atomic mass is 10.1. The van der Waals surface area contributed by atoms with Crippen molar-refractivity contribution in [3.05, 3.63) is 22.2 Å². The summed E-state index contributed by atoms with van der Waals surface area (Å²) in [4.78, 5) is 0. The van der Waals surface area contributed by atoms with Gasteiger partial charge in [-0.3, -0.25) is 0 Å². The van der Waals surface area contributed by atoms with Gasteiger partial charge in [0.2, 0.25) is 0 Å². The molecule has 0 rings (SSSR count). The summed E-state index contributed by atoms with van der Waals surface area (Å²) in [5, 5.41) is 1.38. The highest BCUT2D eigenvalue weighted by molar-refractivity contribution is 6.30. The Bertz CT molecular complexity index is 261. The molecule has 14 heavy (non-hydrogen) atoms. The van der Waals surface area contributed by atoms with Crippen molar-refractivity contribution in [2.45, 2.75) is 32.2 Å². The maximum absolute atomic E-state index is 5.91. The van der Waals surface area contributed by atoms with Crippen LogP contribution in [0.25, 0.3) is 0 Å². The van der Waals surface area contributed by atoms with Crippen molar-refractivity contribution >= 4 is 23.2 Å². The molecule has 0 saturated heterocycles. The maximum atomic E-state index is 5.91. The van der Waals surface area contributed by atoms with E-state index >= 15 is 0 Å². The van der Waals surface area contributed by atoms with E-state index in [1.165, 1.54) is 6.08 Å². The van der Waals surface area contributed by atoms with Crippen molar-refractivity contribution in [2.75, 3.05) is 0 Å². The van der Waals surface area contributed by atoms with Crippen molar-refractivity contribution in [3.63, 3.8) is 0 Å². The largest absolute Gasteiger partial charge is 0.327 e. The van der Waals surface area contributed by atoms with Crippen molar-refractivity contribution in [3.8, 4) is 12.3 Å². The third-order valence-corrected chi connectivity index (χ3v) is 2.15. The molecule has 0 heterocycles. The summed E-state index contributed by atoms with van der Waals surface area (Å²) in [5.74, 6) is 2.35. The van der Waals surface area contributed by atoms with Crippen LogP contribution in [0.3, 0.4) is 0 Å². The number of terminal acetylenes is 1. The molecule has 1 nitrogen and oxygen atoms in total. The monoisotopic (exact) mass is 231 g/mol. The van der Waals surface area contributed by atoms with E-state index in [1.807, 2.05) is 13.0 Å². The number of allylic oxidation sites excluding steroid dienone is 2. The van der Waals surface area contributed by atoms with Crippen molar-refractivity contribution < 1.29 is 0 Å². The summed E-state index contributed by atoms with van der Waals surface area (Å²) in [5.41, 5.74) is 5.82. The number of halogens is 2. The summed E-state index contributed by atoms with van der Waals surface area (Å²) < 4.78 is 0. The fraction of sp³-hybridized carbons (Fsp3) is 0.455. The van der Waals surface area contributed by atoms with Crippen LogP contribution < -0.4 is 5.73 Å². The average molecular weight is 232 g/mol. The highest BCUT2D eigenvalue weighted by atomic mass is 35.5. The first-order valence-corrected chi connectivity index (χ1v) is 5.26. The summed E-state index contributed by atoms with van der Waals surface area (Å²) in [6.45, 7) is 2.03. The van der Waals surface area contributed by atoms with Crippen LogP contribution in [-0.2, 0) is 0 Å². The molecule has 0 aliphatic rings. The molecular weight excluding hydrogens is 217 g/mol. The Kier molecular flexibility index (Phi) is 7.70. The number of hydrogen-bond donors (Lipinski definition) is 1. The van der Waals surface area contributed by atoms with E-state index in [0.717, 1.165) is 11.5 Å². The van der Waals surface area contributed by atoms with Gasteiger partial charge in [-0.15, -0.1) is 6.42 Å². The first kappa shape index (κ1) is 13.6. The molecule has 3 heteroatoms. The predicted molar refractivity (Wildman–Crippen MR) is 64.2 cm³/mol. The zero-order valence-corrected chi connectivity index (χ0v) is 9.78. The van der Waals surface area contributed by atoms with Crippen LogP contribution in [-0.4, -0.2) is 6.04 Å². The van der Waals surface area contributed by atoms with Crippen molar-refractivity contribution in [1.82, 2.24) is 0 Å². The van der Waals surface area contributed by atoms with Gasteiger partial charge in [0.05, 0.1) is 0 Å². The molecular formula is C11H15Cl2N. The second-order valence-electron chi connectivity index (χ2n) is 2.99. The van der Waals surface area contributed by atoms with E-state index in [-0.39, 0.29) is 6.04 Å². The summed E-state index contributed by atoms with van der Waals surface area (Å²) in [6, 6.07) is -0.0672. The Morgan fingerprint density at radius 2 is 2.00 bits per heavy atom. The SMILES string of the molecule is C#C/C=C(/Cl)C[C@H](N)C/C(Cl)=C\CC. The average Bonchev–Trinajstić information content (AvgIpc) is 2.03. The minimum absolute atomic E-state index is 0.0672.